The Morgan fingerprint density at radius 2 is 2.00 bits per heavy atom. The van der Waals surface area contributed by atoms with Gasteiger partial charge in [0.25, 0.3) is 0 Å². The summed E-state index contributed by atoms with van der Waals surface area (Å²) >= 11 is 0. The van der Waals surface area contributed by atoms with E-state index in [1.165, 1.54) is 38.5 Å². The Balaban J connectivity index is 2.12. The van der Waals surface area contributed by atoms with Crippen molar-refractivity contribution in [2.45, 2.75) is 71.0 Å². The lowest BCUT2D eigenvalue weighted by Crippen LogP contribution is -2.51. The lowest BCUT2D eigenvalue weighted by molar-refractivity contribution is -0.102. The van der Waals surface area contributed by atoms with Gasteiger partial charge in [0.1, 0.15) is 0 Å². The van der Waals surface area contributed by atoms with E-state index in [9.17, 15) is 0 Å². The zero-order valence-electron chi connectivity index (χ0n) is 10.6. The minimum atomic E-state index is 0.0872. The Hall–Kier alpha value is -0.0800. The third-order valence-electron chi connectivity index (χ3n) is 3.23. The van der Waals surface area contributed by atoms with Crippen LogP contribution in [0.5, 0.6) is 0 Å². The van der Waals surface area contributed by atoms with Crippen molar-refractivity contribution in [2.75, 3.05) is 13.1 Å². The van der Waals surface area contributed by atoms with E-state index in [1.807, 2.05) is 0 Å². The molecule has 1 heterocycles. The van der Waals surface area contributed by atoms with E-state index < -0.39 is 0 Å². The van der Waals surface area contributed by atoms with Crippen LogP contribution in [0.25, 0.3) is 0 Å². The molecule has 1 fully saturated rings. The highest BCUT2D eigenvalue weighted by atomic mass is 16.5. The SMILES string of the molecule is CCCCCCCC1(C)CNCC(C)O1. The van der Waals surface area contributed by atoms with Crippen LogP contribution in [0.2, 0.25) is 0 Å². The minimum Gasteiger partial charge on any atom is -0.370 e. The number of unbranched alkanes of at least 4 members (excludes halogenated alkanes) is 4. The molecule has 0 bridgehead atoms. The third kappa shape index (κ3) is 4.98. The van der Waals surface area contributed by atoms with Crippen LogP contribution < -0.4 is 5.32 Å². The molecule has 0 aliphatic carbocycles. The van der Waals surface area contributed by atoms with Crippen molar-refractivity contribution < 1.29 is 4.74 Å². The minimum absolute atomic E-state index is 0.0872. The van der Waals surface area contributed by atoms with Crippen LogP contribution in [0.1, 0.15) is 59.3 Å². The van der Waals surface area contributed by atoms with E-state index >= 15 is 0 Å². The average molecular weight is 213 g/mol. The average Bonchev–Trinajstić information content (AvgIpc) is 2.17. The molecule has 1 aliphatic heterocycles. The Morgan fingerprint density at radius 3 is 2.67 bits per heavy atom. The molecule has 0 radical (unpaired) electrons. The second-order valence-electron chi connectivity index (χ2n) is 5.17. The van der Waals surface area contributed by atoms with E-state index in [1.54, 1.807) is 0 Å². The smallest absolute Gasteiger partial charge is 0.0782 e. The van der Waals surface area contributed by atoms with Crippen molar-refractivity contribution in [3.8, 4) is 0 Å². The summed E-state index contributed by atoms with van der Waals surface area (Å²) in [4.78, 5) is 0. The quantitative estimate of drug-likeness (QED) is 0.685. The lowest BCUT2D eigenvalue weighted by atomic mass is 9.95. The van der Waals surface area contributed by atoms with Crippen molar-refractivity contribution in [1.29, 1.82) is 0 Å². The van der Waals surface area contributed by atoms with Gasteiger partial charge in [0.2, 0.25) is 0 Å². The van der Waals surface area contributed by atoms with E-state index in [4.69, 9.17) is 4.74 Å². The Bertz CT molecular complexity index is 172. The normalized spacial score (nSPS) is 31.8. The van der Waals surface area contributed by atoms with Gasteiger partial charge >= 0.3 is 0 Å². The molecule has 0 aromatic carbocycles. The van der Waals surface area contributed by atoms with Crippen LogP contribution in [-0.4, -0.2) is 24.8 Å². The first-order valence-corrected chi connectivity index (χ1v) is 6.55. The van der Waals surface area contributed by atoms with Gasteiger partial charge in [-0.25, -0.2) is 0 Å². The number of hydrogen-bond acceptors (Lipinski definition) is 2. The van der Waals surface area contributed by atoms with Gasteiger partial charge < -0.3 is 10.1 Å². The first-order chi connectivity index (χ1) is 7.16. The fourth-order valence-electron chi connectivity index (χ4n) is 2.36. The van der Waals surface area contributed by atoms with Gasteiger partial charge in [-0.2, -0.15) is 0 Å². The van der Waals surface area contributed by atoms with E-state index in [-0.39, 0.29) is 5.60 Å². The van der Waals surface area contributed by atoms with Crippen molar-refractivity contribution in [1.82, 2.24) is 5.32 Å². The van der Waals surface area contributed by atoms with Crippen LogP contribution in [-0.2, 0) is 4.74 Å². The fourth-order valence-corrected chi connectivity index (χ4v) is 2.36. The zero-order chi connectivity index (χ0) is 11.1. The molecule has 2 nitrogen and oxygen atoms in total. The number of rotatable bonds is 6. The standard InChI is InChI=1S/C13H27NO/c1-4-5-6-7-8-9-13(3)11-14-10-12(2)15-13/h12,14H,4-11H2,1-3H3. The Labute approximate surface area is 94.8 Å². The molecule has 2 heteroatoms. The fraction of sp³-hybridized carbons (Fsp3) is 1.00. The van der Waals surface area contributed by atoms with Crippen molar-refractivity contribution >= 4 is 0 Å². The number of hydrogen-bond donors (Lipinski definition) is 1. The molecule has 2 atom stereocenters. The summed E-state index contributed by atoms with van der Waals surface area (Å²) in [5.41, 5.74) is 0.0872. The molecule has 2 unspecified atom stereocenters. The Kier molecular flexibility index (Phi) is 5.62. The predicted molar refractivity (Wildman–Crippen MR) is 65.2 cm³/mol. The molecule has 0 aromatic rings. The second kappa shape index (κ2) is 6.49. The molecule has 0 aromatic heterocycles. The molecular weight excluding hydrogens is 186 g/mol. The van der Waals surface area contributed by atoms with Gasteiger partial charge in [-0.05, 0) is 20.3 Å². The molecular formula is C13H27NO. The molecule has 1 rings (SSSR count). The van der Waals surface area contributed by atoms with Crippen molar-refractivity contribution in [2.24, 2.45) is 0 Å². The summed E-state index contributed by atoms with van der Waals surface area (Å²) in [7, 11) is 0. The summed E-state index contributed by atoms with van der Waals surface area (Å²) in [5, 5.41) is 3.45. The molecule has 0 spiro atoms. The maximum absolute atomic E-state index is 6.02. The van der Waals surface area contributed by atoms with E-state index in [0.717, 1.165) is 13.1 Å². The van der Waals surface area contributed by atoms with Gasteiger partial charge in [0.05, 0.1) is 11.7 Å². The van der Waals surface area contributed by atoms with Crippen LogP contribution >= 0.6 is 0 Å². The Morgan fingerprint density at radius 1 is 1.27 bits per heavy atom. The van der Waals surface area contributed by atoms with Gasteiger partial charge in [-0.3, -0.25) is 0 Å². The van der Waals surface area contributed by atoms with Crippen LogP contribution in [0.3, 0.4) is 0 Å². The highest BCUT2D eigenvalue weighted by Gasteiger charge is 2.30. The van der Waals surface area contributed by atoms with Gasteiger partial charge in [-0.15, -0.1) is 0 Å². The van der Waals surface area contributed by atoms with Gasteiger partial charge in [0.15, 0.2) is 0 Å². The summed E-state index contributed by atoms with van der Waals surface area (Å²) in [5.74, 6) is 0. The maximum Gasteiger partial charge on any atom is 0.0782 e. The first-order valence-electron chi connectivity index (χ1n) is 6.55. The predicted octanol–water partition coefficient (Wildman–Crippen LogP) is 3.11. The molecule has 0 amide bonds. The molecule has 15 heavy (non-hydrogen) atoms. The third-order valence-corrected chi connectivity index (χ3v) is 3.23. The number of morpholine rings is 1. The number of nitrogens with one attached hydrogen (secondary N) is 1. The highest BCUT2D eigenvalue weighted by molar-refractivity contribution is 4.83. The molecule has 1 saturated heterocycles. The summed E-state index contributed by atoms with van der Waals surface area (Å²) in [6.45, 7) is 8.69. The molecule has 1 aliphatic rings. The lowest BCUT2D eigenvalue weighted by Gasteiger charge is -2.38. The highest BCUT2D eigenvalue weighted by Crippen LogP contribution is 2.23. The van der Waals surface area contributed by atoms with Gasteiger partial charge in [-0.1, -0.05) is 39.0 Å². The van der Waals surface area contributed by atoms with E-state index in [0.29, 0.717) is 6.10 Å². The molecule has 0 saturated carbocycles. The van der Waals surface area contributed by atoms with Crippen LogP contribution in [0, 0.1) is 0 Å². The van der Waals surface area contributed by atoms with Gasteiger partial charge in [0, 0.05) is 13.1 Å². The summed E-state index contributed by atoms with van der Waals surface area (Å²) < 4.78 is 6.02. The second-order valence-corrected chi connectivity index (χ2v) is 5.17. The first kappa shape index (κ1) is 13.0. The van der Waals surface area contributed by atoms with Crippen molar-refractivity contribution in [3.63, 3.8) is 0 Å². The topological polar surface area (TPSA) is 21.3 Å². The van der Waals surface area contributed by atoms with Crippen LogP contribution in [0.4, 0.5) is 0 Å². The van der Waals surface area contributed by atoms with Crippen molar-refractivity contribution in [3.05, 3.63) is 0 Å². The maximum atomic E-state index is 6.02. The van der Waals surface area contributed by atoms with Crippen LogP contribution in [0.15, 0.2) is 0 Å². The van der Waals surface area contributed by atoms with E-state index in [2.05, 4.69) is 26.1 Å². The monoisotopic (exact) mass is 213 g/mol. The zero-order valence-corrected chi connectivity index (χ0v) is 10.6. The summed E-state index contributed by atoms with van der Waals surface area (Å²) in [6.07, 6.45) is 8.34. The largest absolute Gasteiger partial charge is 0.370 e. The molecule has 1 N–H and O–H groups in total. The number of ether oxygens (including phenoxy) is 1. The molecule has 90 valence electrons. The summed E-state index contributed by atoms with van der Waals surface area (Å²) in [6, 6.07) is 0.